The summed E-state index contributed by atoms with van der Waals surface area (Å²) in [5, 5.41) is 0. The number of halogens is 1. The normalized spacial score (nSPS) is 15.7. The molecule has 3 heterocycles. The van der Waals surface area contributed by atoms with Crippen LogP contribution in [0.4, 0.5) is 4.79 Å². The highest BCUT2D eigenvalue weighted by Gasteiger charge is 2.24. The maximum absolute atomic E-state index is 12.1. The lowest BCUT2D eigenvalue weighted by atomic mass is 10.0. The van der Waals surface area contributed by atoms with Crippen molar-refractivity contribution in [2.75, 3.05) is 13.1 Å². The Morgan fingerprint density at radius 3 is 2.83 bits per heavy atom. The molecule has 1 N–H and O–H groups in total. The van der Waals surface area contributed by atoms with E-state index in [0.717, 1.165) is 27.6 Å². The third-order valence-electron chi connectivity index (χ3n) is 3.70. The van der Waals surface area contributed by atoms with Gasteiger partial charge in [0.2, 0.25) is 0 Å². The lowest BCUT2D eigenvalue weighted by Crippen LogP contribution is -2.39. The molecule has 23 heavy (non-hydrogen) atoms. The van der Waals surface area contributed by atoms with Crippen molar-refractivity contribution < 1.29 is 9.53 Å². The number of hydrogen-bond acceptors (Lipinski definition) is 3. The van der Waals surface area contributed by atoms with Crippen molar-refractivity contribution in [3.63, 3.8) is 0 Å². The summed E-state index contributed by atoms with van der Waals surface area (Å²) in [6.45, 7) is 6.86. The van der Waals surface area contributed by atoms with Gasteiger partial charge in [0.05, 0.1) is 11.0 Å². The molecule has 2 aromatic heterocycles. The van der Waals surface area contributed by atoms with Gasteiger partial charge in [-0.05, 0) is 60.8 Å². The summed E-state index contributed by atoms with van der Waals surface area (Å²) in [4.78, 5) is 21.6. The Balaban J connectivity index is 1.78. The molecule has 1 aliphatic rings. The van der Waals surface area contributed by atoms with E-state index in [0.29, 0.717) is 13.1 Å². The quantitative estimate of drug-likeness (QED) is 0.751. The molecule has 0 aromatic carbocycles. The number of hydrogen-bond donors (Lipinski definition) is 1. The number of fused-ring (bicyclic) bond motifs is 1. The fourth-order valence-electron chi connectivity index (χ4n) is 2.63. The summed E-state index contributed by atoms with van der Waals surface area (Å²) in [5.74, 6) is 0. The molecule has 6 heteroatoms. The van der Waals surface area contributed by atoms with Crippen LogP contribution in [0.15, 0.2) is 29.0 Å². The van der Waals surface area contributed by atoms with Crippen LogP contribution in [0.2, 0.25) is 0 Å². The smallest absolute Gasteiger partial charge is 0.410 e. The van der Waals surface area contributed by atoms with E-state index in [4.69, 9.17) is 4.74 Å². The molecule has 0 aliphatic carbocycles. The van der Waals surface area contributed by atoms with Gasteiger partial charge in [-0.3, -0.25) is 0 Å². The van der Waals surface area contributed by atoms with Crippen molar-refractivity contribution in [3.8, 4) is 0 Å². The zero-order valence-electron chi connectivity index (χ0n) is 13.5. The molecule has 5 nitrogen and oxygen atoms in total. The summed E-state index contributed by atoms with van der Waals surface area (Å²) in [6.07, 6.45) is 4.60. The maximum Gasteiger partial charge on any atom is 0.410 e. The van der Waals surface area contributed by atoms with Crippen LogP contribution < -0.4 is 0 Å². The lowest BCUT2D eigenvalue weighted by Gasteiger charge is -2.29. The van der Waals surface area contributed by atoms with E-state index in [1.165, 1.54) is 5.57 Å². The van der Waals surface area contributed by atoms with Gasteiger partial charge in [-0.25, -0.2) is 9.78 Å². The number of nitrogens with zero attached hydrogens (tertiary/aromatic N) is 2. The molecule has 0 saturated heterocycles. The van der Waals surface area contributed by atoms with Gasteiger partial charge in [0.1, 0.15) is 10.2 Å². The molecule has 0 bridgehead atoms. The predicted molar refractivity (Wildman–Crippen MR) is 94.2 cm³/mol. The van der Waals surface area contributed by atoms with Crippen LogP contribution in [0.25, 0.3) is 16.6 Å². The number of amides is 1. The third-order valence-corrected chi connectivity index (χ3v) is 4.14. The van der Waals surface area contributed by atoms with E-state index in [-0.39, 0.29) is 6.09 Å². The minimum Gasteiger partial charge on any atom is -0.444 e. The van der Waals surface area contributed by atoms with E-state index in [9.17, 15) is 4.79 Å². The van der Waals surface area contributed by atoms with Gasteiger partial charge in [-0.1, -0.05) is 6.08 Å². The minimum absolute atomic E-state index is 0.257. The number of carbonyl (C=O) groups excluding carboxylic acids is 1. The average Bonchev–Trinajstić information content (AvgIpc) is 2.88. The Kier molecular flexibility index (Phi) is 4.19. The zero-order chi connectivity index (χ0) is 16.6. The second-order valence-corrected chi connectivity index (χ2v) is 7.45. The predicted octanol–water partition coefficient (Wildman–Crippen LogP) is 4.35. The van der Waals surface area contributed by atoms with Gasteiger partial charge in [-0.2, -0.15) is 0 Å². The molecule has 0 atom stereocenters. The Hall–Kier alpha value is -1.82. The van der Waals surface area contributed by atoms with E-state index in [1.54, 1.807) is 4.90 Å². The molecule has 1 aliphatic heterocycles. The minimum atomic E-state index is -0.464. The number of aromatic amines is 1. The first-order chi connectivity index (χ1) is 10.8. The molecule has 0 spiro atoms. The second-order valence-electron chi connectivity index (χ2n) is 6.64. The van der Waals surface area contributed by atoms with Crippen LogP contribution in [0.1, 0.15) is 32.8 Å². The number of carbonyl (C=O) groups is 1. The van der Waals surface area contributed by atoms with Gasteiger partial charge in [-0.15, -0.1) is 0 Å². The van der Waals surface area contributed by atoms with Gasteiger partial charge in [0.25, 0.3) is 0 Å². The van der Waals surface area contributed by atoms with Crippen molar-refractivity contribution in [3.05, 3.63) is 34.6 Å². The fraction of sp³-hybridized carbons (Fsp3) is 0.412. The number of ether oxygens (including phenoxy) is 1. The van der Waals surface area contributed by atoms with Crippen molar-refractivity contribution >= 4 is 38.6 Å². The number of pyridine rings is 1. The van der Waals surface area contributed by atoms with E-state index in [2.05, 4.69) is 32.0 Å². The van der Waals surface area contributed by atoms with E-state index in [1.807, 2.05) is 39.1 Å². The third kappa shape index (κ3) is 3.58. The molecule has 2 aromatic rings. The van der Waals surface area contributed by atoms with Gasteiger partial charge < -0.3 is 14.6 Å². The molecule has 122 valence electrons. The molecule has 0 saturated carbocycles. The number of H-pyrrole nitrogens is 1. The van der Waals surface area contributed by atoms with Crippen LogP contribution in [-0.2, 0) is 4.74 Å². The summed E-state index contributed by atoms with van der Waals surface area (Å²) in [7, 11) is 0. The molecule has 0 radical (unpaired) electrons. The van der Waals surface area contributed by atoms with Crippen LogP contribution in [0.3, 0.4) is 0 Å². The van der Waals surface area contributed by atoms with Crippen molar-refractivity contribution in [1.29, 1.82) is 0 Å². The first-order valence-corrected chi connectivity index (χ1v) is 8.44. The van der Waals surface area contributed by atoms with Crippen molar-refractivity contribution in [2.45, 2.75) is 32.8 Å². The fourth-order valence-corrected chi connectivity index (χ4v) is 2.94. The molecule has 0 fully saturated rings. The molecular formula is C17H20BrN3O2. The maximum atomic E-state index is 12.1. The average molecular weight is 378 g/mol. The lowest BCUT2D eigenvalue weighted by molar-refractivity contribution is 0.0270. The summed E-state index contributed by atoms with van der Waals surface area (Å²) >= 11 is 3.42. The Morgan fingerprint density at radius 1 is 1.39 bits per heavy atom. The van der Waals surface area contributed by atoms with Gasteiger partial charge in [0, 0.05) is 24.8 Å². The first-order valence-electron chi connectivity index (χ1n) is 7.64. The molecular weight excluding hydrogens is 358 g/mol. The van der Waals surface area contributed by atoms with Crippen molar-refractivity contribution in [1.82, 2.24) is 14.9 Å². The van der Waals surface area contributed by atoms with Crippen LogP contribution in [-0.4, -0.2) is 39.7 Å². The summed E-state index contributed by atoms with van der Waals surface area (Å²) in [6, 6.07) is 3.93. The SMILES string of the molecule is CC(C)(C)OC(=O)N1CC=C(c2c[nH]c3ccc(Br)nc23)CC1. The second kappa shape index (κ2) is 6.00. The van der Waals surface area contributed by atoms with Gasteiger partial charge in [0.15, 0.2) is 0 Å². The van der Waals surface area contributed by atoms with Crippen LogP contribution in [0.5, 0.6) is 0 Å². The number of aromatic nitrogens is 2. The van der Waals surface area contributed by atoms with E-state index < -0.39 is 5.60 Å². The monoisotopic (exact) mass is 377 g/mol. The van der Waals surface area contributed by atoms with E-state index >= 15 is 0 Å². The van der Waals surface area contributed by atoms with Crippen LogP contribution >= 0.6 is 15.9 Å². The van der Waals surface area contributed by atoms with Gasteiger partial charge >= 0.3 is 6.09 Å². The Morgan fingerprint density at radius 2 is 2.17 bits per heavy atom. The van der Waals surface area contributed by atoms with Crippen LogP contribution in [0, 0.1) is 0 Å². The standard InChI is InChI=1S/C17H20BrN3O2/c1-17(2,3)23-16(22)21-8-6-11(7-9-21)12-10-19-13-4-5-14(18)20-15(12)13/h4-6,10,19H,7-9H2,1-3H3. The highest BCUT2D eigenvalue weighted by atomic mass is 79.9. The topological polar surface area (TPSA) is 58.2 Å². The Bertz CT molecular complexity index is 774. The molecule has 0 unspecified atom stereocenters. The zero-order valence-corrected chi connectivity index (χ0v) is 15.1. The summed E-state index contributed by atoms with van der Waals surface area (Å²) < 4.78 is 6.24. The molecule has 3 rings (SSSR count). The highest BCUT2D eigenvalue weighted by molar-refractivity contribution is 9.10. The van der Waals surface area contributed by atoms with Crippen molar-refractivity contribution in [2.24, 2.45) is 0 Å². The summed E-state index contributed by atoms with van der Waals surface area (Å²) in [5.41, 5.74) is 3.82. The molecule has 1 amide bonds. The number of rotatable bonds is 1. The number of nitrogens with one attached hydrogen (secondary N) is 1. The highest BCUT2D eigenvalue weighted by Crippen LogP contribution is 2.29. The Labute approximate surface area is 143 Å². The first kappa shape index (κ1) is 16.1. The largest absolute Gasteiger partial charge is 0.444 e.